The number of likely N-dealkylation sites (N-methyl/N-ethyl adjacent to an activating group) is 1. The van der Waals surface area contributed by atoms with Crippen LogP contribution in [0.5, 0.6) is 5.75 Å². The number of amides is 1. The highest BCUT2D eigenvalue weighted by atomic mass is 35.5. The number of carbonyl (C=O) groups is 1. The molecule has 2 aromatic rings. The molecule has 1 aliphatic rings. The van der Waals surface area contributed by atoms with Crippen molar-refractivity contribution in [3.63, 3.8) is 0 Å². The van der Waals surface area contributed by atoms with Crippen LogP contribution in [-0.2, 0) is 5.60 Å². The normalized spacial score (nSPS) is 14.0. The summed E-state index contributed by atoms with van der Waals surface area (Å²) in [7, 11) is 0. The van der Waals surface area contributed by atoms with E-state index in [0.29, 0.717) is 22.9 Å². The molecule has 2 heterocycles. The average molecular weight is 412 g/mol. The Morgan fingerprint density at radius 3 is 2.67 bits per heavy atom. The lowest BCUT2D eigenvalue weighted by atomic mass is 10.0. The first-order chi connectivity index (χ1) is 12.4. The van der Waals surface area contributed by atoms with Crippen molar-refractivity contribution >= 4 is 29.9 Å². The van der Waals surface area contributed by atoms with Crippen LogP contribution in [0.2, 0.25) is 5.02 Å². The highest BCUT2D eigenvalue weighted by Gasteiger charge is 2.35. The van der Waals surface area contributed by atoms with Crippen LogP contribution in [0.1, 0.15) is 43.7 Å². The van der Waals surface area contributed by atoms with Gasteiger partial charge in [-0.15, -0.1) is 12.4 Å². The average Bonchev–Trinajstić information content (AvgIpc) is 3.10. The van der Waals surface area contributed by atoms with E-state index in [0.717, 1.165) is 31.0 Å². The topological polar surface area (TPSA) is 46.5 Å². The fraction of sp³-hybridized carbons (Fsp3) is 0.450. The molecule has 0 radical (unpaired) electrons. The molecular formula is C20H27Cl2N3O2. The number of rotatable bonds is 6. The summed E-state index contributed by atoms with van der Waals surface area (Å²) in [6.45, 7) is 11.6. The molecule has 7 heteroatoms. The highest BCUT2D eigenvalue weighted by molar-refractivity contribution is 6.31. The Bertz CT molecular complexity index is 814. The molecule has 5 nitrogen and oxygen atoms in total. The van der Waals surface area contributed by atoms with Gasteiger partial charge in [0, 0.05) is 24.3 Å². The molecule has 0 bridgehead atoms. The van der Waals surface area contributed by atoms with Gasteiger partial charge in [-0.1, -0.05) is 25.4 Å². The molecule has 0 atom stereocenters. The Balaban J connectivity index is 0.00000261. The summed E-state index contributed by atoms with van der Waals surface area (Å²) in [5.74, 6) is 0.408. The van der Waals surface area contributed by atoms with Crippen molar-refractivity contribution in [1.29, 1.82) is 0 Å². The van der Waals surface area contributed by atoms with Gasteiger partial charge in [0.2, 0.25) is 0 Å². The molecule has 0 saturated carbocycles. The largest absolute Gasteiger partial charge is 0.479 e. The number of halogens is 2. The lowest BCUT2D eigenvalue weighted by Gasteiger charge is -2.35. The zero-order valence-electron chi connectivity index (χ0n) is 16.2. The number of hydrogen-bond donors (Lipinski definition) is 1. The van der Waals surface area contributed by atoms with Crippen molar-refractivity contribution in [2.45, 2.75) is 33.3 Å². The zero-order valence-corrected chi connectivity index (χ0v) is 17.8. The van der Waals surface area contributed by atoms with E-state index in [-0.39, 0.29) is 18.3 Å². The smallest absolute Gasteiger partial charge is 0.255 e. The van der Waals surface area contributed by atoms with Crippen LogP contribution >= 0.6 is 24.0 Å². The fourth-order valence-electron chi connectivity index (χ4n) is 3.39. The van der Waals surface area contributed by atoms with E-state index in [2.05, 4.69) is 24.1 Å². The maximum atomic E-state index is 12.8. The number of nitrogens with zero attached hydrogens (tertiary/aromatic N) is 2. The minimum atomic E-state index is -0.527. The lowest BCUT2D eigenvalue weighted by Crippen LogP contribution is -2.36. The third-order valence-corrected chi connectivity index (χ3v) is 5.09. The molecule has 3 rings (SSSR count). The lowest BCUT2D eigenvalue weighted by molar-refractivity contribution is 0.0844. The van der Waals surface area contributed by atoms with Crippen LogP contribution in [-0.4, -0.2) is 41.6 Å². The first-order valence-corrected chi connectivity index (χ1v) is 9.46. The molecule has 148 valence electrons. The predicted molar refractivity (Wildman–Crippen MR) is 112 cm³/mol. The van der Waals surface area contributed by atoms with Crippen molar-refractivity contribution in [1.82, 2.24) is 14.8 Å². The van der Waals surface area contributed by atoms with Gasteiger partial charge in [0.25, 0.3) is 5.91 Å². The Kier molecular flexibility index (Phi) is 6.84. The third-order valence-electron chi connectivity index (χ3n) is 4.87. The van der Waals surface area contributed by atoms with Crippen LogP contribution in [0.25, 0.3) is 5.69 Å². The molecule has 27 heavy (non-hydrogen) atoms. The van der Waals surface area contributed by atoms with Crippen LogP contribution < -0.4 is 10.1 Å². The van der Waals surface area contributed by atoms with Gasteiger partial charge in [0.1, 0.15) is 5.60 Å². The van der Waals surface area contributed by atoms with E-state index in [1.165, 1.54) is 0 Å². The van der Waals surface area contributed by atoms with Crippen molar-refractivity contribution in [2.24, 2.45) is 0 Å². The molecule has 1 aromatic carbocycles. The van der Waals surface area contributed by atoms with Crippen molar-refractivity contribution in [2.75, 3.05) is 26.2 Å². The van der Waals surface area contributed by atoms with Gasteiger partial charge in [0.15, 0.2) is 5.75 Å². The summed E-state index contributed by atoms with van der Waals surface area (Å²) in [4.78, 5) is 15.1. The van der Waals surface area contributed by atoms with Gasteiger partial charge < -0.3 is 19.5 Å². The highest BCUT2D eigenvalue weighted by Crippen LogP contribution is 2.42. The number of benzene rings is 1. The molecule has 0 unspecified atom stereocenters. The molecule has 0 fully saturated rings. The van der Waals surface area contributed by atoms with Crippen LogP contribution in [0.3, 0.4) is 0 Å². The van der Waals surface area contributed by atoms with E-state index < -0.39 is 5.60 Å². The van der Waals surface area contributed by atoms with E-state index in [9.17, 15) is 4.79 Å². The predicted octanol–water partition coefficient (Wildman–Crippen LogP) is 4.25. The number of aromatic nitrogens is 1. The second-order valence-corrected chi connectivity index (χ2v) is 7.40. The molecule has 1 aliphatic heterocycles. The van der Waals surface area contributed by atoms with Gasteiger partial charge >= 0.3 is 0 Å². The maximum Gasteiger partial charge on any atom is 0.255 e. The van der Waals surface area contributed by atoms with E-state index in [1.54, 1.807) is 6.07 Å². The quantitative estimate of drug-likeness (QED) is 0.772. The monoisotopic (exact) mass is 411 g/mol. The first kappa shape index (κ1) is 21.6. The number of nitrogens with one attached hydrogen (secondary N) is 1. The van der Waals surface area contributed by atoms with Crippen molar-refractivity contribution < 1.29 is 9.53 Å². The Morgan fingerprint density at radius 1 is 1.30 bits per heavy atom. The van der Waals surface area contributed by atoms with Gasteiger partial charge in [-0.2, -0.15) is 0 Å². The second kappa shape index (κ2) is 8.55. The Morgan fingerprint density at radius 2 is 2.00 bits per heavy atom. The maximum absolute atomic E-state index is 12.8. The fourth-order valence-corrected chi connectivity index (χ4v) is 3.60. The summed E-state index contributed by atoms with van der Waals surface area (Å²) in [5, 5.41) is 3.51. The van der Waals surface area contributed by atoms with Gasteiger partial charge in [0.05, 0.1) is 16.9 Å². The van der Waals surface area contributed by atoms with E-state index >= 15 is 0 Å². The molecule has 1 N–H and O–H groups in total. The molecular weight excluding hydrogens is 385 g/mol. The number of hydrogen-bond acceptors (Lipinski definition) is 3. The van der Waals surface area contributed by atoms with Gasteiger partial charge in [-0.05, 0) is 51.2 Å². The second-order valence-electron chi connectivity index (χ2n) is 6.96. The zero-order chi connectivity index (χ0) is 18.9. The number of ether oxygens (including phenoxy) is 1. The van der Waals surface area contributed by atoms with Gasteiger partial charge in [-0.25, -0.2) is 0 Å². The standard InChI is InChI=1S/C20H26ClN3O2.ClH/c1-5-23(6-2)11-9-22-19(25)15-12-14(21)13-16-18(15)26-20(3,4)17-8-7-10-24(16)17;/h7-8,10,12-13H,5-6,9,11H2,1-4H3,(H,22,25);1H. The molecule has 0 aliphatic carbocycles. The minimum absolute atomic E-state index is 0. The van der Waals surface area contributed by atoms with E-state index in [1.807, 2.05) is 42.8 Å². The van der Waals surface area contributed by atoms with Crippen molar-refractivity contribution in [3.05, 3.63) is 46.7 Å². The summed E-state index contributed by atoms with van der Waals surface area (Å²) >= 11 is 6.30. The van der Waals surface area contributed by atoms with Crippen molar-refractivity contribution in [3.8, 4) is 11.4 Å². The number of fused-ring (bicyclic) bond motifs is 3. The third kappa shape index (κ3) is 4.26. The van der Waals surface area contributed by atoms with Crippen LogP contribution in [0.4, 0.5) is 0 Å². The summed E-state index contributed by atoms with van der Waals surface area (Å²) in [6, 6.07) is 7.51. The molecule has 1 amide bonds. The van der Waals surface area contributed by atoms with E-state index in [4.69, 9.17) is 16.3 Å². The van der Waals surface area contributed by atoms with Crippen LogP contribution in [0, 0.1) is 0 Å². The first-order valence-electron chi connectivity index (χ1n) is 9.08. The molecule has 0 saturated heterocycles. The van der Waals surface area contributed by atoms with Gasteiger partial charge in [-0.3, -0.25) is 4.79 Å². The Hall–Kier alpha value is -1.69. The summed E-state index contributed by atoms with van der Waals surface area (Å²) in [5.41, 5.74) is 1.77. The minimum Gasteiger partial charge on any atom is -0.479 e. The molecule has 0 spiro atoms. The molecule has 1 aromatic heterocycles. The number of carbonyl (C=O) groups excluding carboxylic acids is 1. The SMILES string of the molecule is CCN(CC)CCNC(=O)c1cc(Cl)cc2c1OC(C)(C)c1cccn1-2.Cl. The summed E-state index contributed by atoms with van der Waals surface area (Å²) < 4.78 is 8.27. The van der Waals surface area contributed by atoms with Crippen LogP contribution in [0.15, 0.2) is 30.5 Å². The Labute approximate surface area is 172 Å². The summed E-state index contributed by atoms with van der Waals surface area (Å²) in [6.07, 6.45) is 1.97.